The van der Waals surface area contributed by atoms with Gasteiger partial charge in [-0.2, -0.15) is 5.10 Å². The van der Waals surface area contributed by atoms with Crippen molar-refractivity contribution in [2.75, 3.05) is 6.54 Å². The zero-order valence-corrected chi connectivity index (χ0v) is 8.52. The first-order valence-electron chi connectivity index (χ1n) is 4.93. The van der Waals surface area contributed by atoms with E-state index in [1.807, 2.05) is 0 Å². The molecule has 1 aromatic rings. The highest BCUT2D eigenvalue weighted by atomic mass is 15.1. The Labute approximate surface area is 78.9 Å². The molecule has 13 heavy (non-hydrogen) atoms. The highest BCUT2D eigenvalue weighted by Gasteiger charge is 2.25. The summed E-state index contributed by atoms with van der Waals surface area (Å²) in [5, 5.41) is 10.8. The molecule has 72 valence electrons. The van der Waals surface area contributed by atoms with Gasteiger partial charge in [0.2, 0.25) is 0 Å². The lowest BCUT2D eigenvalue weighted by atomic mass is 10.00. The molecule has 0 spiro atoms. The molecular formula is C10H17N3. The molecule has 0 saturated carbocycles. The van der Waals surface area contributed by atoms with E-state index in [9.17, 15) is 0 Å². The van der Waals surface area contributed by atoms with Crippen molar-refractivity contribution in [1.29, 1.82) is 0 Å². The zero-order valence-electron chi connectivity index (χ0n) is 8.52. The molecule has 3 heteroatoms. The Kier molecular flexibility index (Phi) is 2.12. The first kappa shape index (κ1) is 8.75. The Balaban J connectivity index is 2.25. The average Bonchev–Trinajstić information content (AvgIpc) is 2.60. The van der Waals surface area contributed by atoms with Crippen LogP contribution in [0.3, 0.4) is 0 Å². The Morgan fingerprint density at radius 2 is 2.15 bits per heavy atom. The van der Waals surface area contributed by atoms with Crippen molar-refractivity contribution in [2.45, 2.75) is 33.2 Å². The van der Waals surface area contributed by atoms with Crippen molar-refractivity contribution < 1.29 is 0 Å². The van der Waals surface area contributed by atoms with Crippen LogP contribution >= 0.6 is 0 Å². The van der Waals surface area contributed by atoms with E-state index in [-0.39, 0.29) is 0 Å². The summed E-state index contributed by atoms with van der Waals surface area (Å²) in [7, 11) is 0. The van der Waals surface area contributed by atoms with Crippen LogP contribution in [0.2, 0.25) is 0 Å². The lowest BCUT2D eigenvalue weighted by molar-refractivity contribution is 0.607. The average molecular weight is 179 g/mol. The van der Waals surface area contributed by atoms with Gasteiger partial charge >= 0.3 is 0 Å². The van der Waals surface area contributed by atoms with Crippen molar-refractivity contribution in [1.82, 2.24) is 15.5 Å². The molecule has 2 N–H and O–H groups in total. The van der Waals surface area contributed by atoms with Gasteiger partial charge in [0.15, 0.2) is 0 Å². The molecule has 0 bridgehead atoms. The molecular weight excluding hydrogens is 162 g/mol. The fraction of sp³-hybridized carbons (Fsp3) is 0.700. The van der Waals surface area contributed by atoms with Gasteiger partial charge < -0.3 is 5.32 Å². The quantitative estimate of drug-likeness (QED) is 0.689. The summed E-state index contributed by atoms with van der Waals surface area (Å²) >= 11 is 0. The maximum Gasteiger partial charge on any atom is 0.0641 e. The second kappa shape index (κ2) is 3.14. The lowest BCUT2D eigenvalue weighted by Gasteiger charge is -2.10. The molecule has 1 saturated heterocycles. The number of aromatic amines is 1. The fourth-order valence-electron chi connectivity index (χ4n) is 2.21. The van der Waals surface area contributed by atoms with Crippen LogP contribution in [0.1, 0.15) is 36.3 Å². The monoisotopic (exact) mass is 179 g/mol. The van der Waals surface area contributed by atoms with E-state index in [1.54, 1.807) is 0 Å². The van der Waals surface area contributed by atoms with Gasteiger partial charge in [-0.15, -0.1) is 0 Å². The zero-order chi connectivity index (χ0) is 9.42. The predicted octanol–water partition coefficient (Wildman–Crippen LogP) is 1.70. The minimum Gasteiger partial charge on any atom is -0.310 e. The van der Waals surface area contributed by atoms with Gasteiger partial charge in [0, 0.05) is 17.3 Å². The largest absolute Gasteiger partial charge is 0.310 e. The number of nitrogens with one attached hydrogen (secondary N) is 2. The predicted molar refractivity (Wildman–Crippen MR) is 52.6 cm³/mol. The number of hydrogen-bond acceptors (Lipinski definition) is 2. The van der Waals surface area contributed by atoms with Gasteiger partial charge in [-0.1, -0.05) is 6.92 Å². The van der Waals surface area contributed by atoms with Crippen LogP contribution in [-0.4, -0.2) is 16.7 Å². The van der Waals surface area contributed by atoms with Gasteiger partial charge in [-0.25, -0.2) is 0 Å². The van der Waals surface area contributed by atoms with Gasteiger partial charge in [-0.3, -0.25) is 5.10 Å². The third kappa shape index (κ3) is 1.48. The highest BCUT2D eigenvalue weighted by molar-refractivity contribution is 5.27. The first-order chi connectivity index (χ1) is 6.18. The summed E-state index contributed by atoms with van der Waals surface area (Å²) in [4.78, 5) is 0. The minimum atomic E-state index is 0.522. The number of aryl methyl sites for hydroxylation is 2. The van der Waals surface area contributed by atoms with Gasteiger partial charge in [0.1, 0.15) is 0 Å². The summed E-state index contributed by atoms with van der Waals surface area (Å²) in [5.41, 5.74) is 3.73. The highest BCUT2D eigenvalue weighted by Crippen LogP contribution is 2.29. The maximum atomic E-state index is 4.22. The van der Waals surface area contributed by atoms with Gasteiger partial charge in [0.25, 0.3) is 0 Å². The van der Waals surface area contributed by atoms with Crippen LogP contribution in [0.25, 0.3) is 0 Å². The molecule has 1 aliphatic rings. The molecule has 0 radical (unpaired) electrons. The van der Waals surface area contributed by atoms with Crippen molar-refractivity contribution in [3.8, 4) is 0 Å². The van der Waals surface area contributed by atoms with Crippen molar-refractivity contribution in [3.63, 3.8) is 0 Å². The van der Waals surface area contributed by atoms with E-state index < -0.39 is 0 Å². The Morgan fingerprint density at radius 1 is 1.38 bits per heavy atom. The molecule has 1 fully saturated rings. The van der Waals surface area contributed by atoms with Crippen LogP contribution in [0.4, 0.5) is 0 Å². The Morgan fingerprint density at radius 3 is 2.62 bits per heavy atom. The molecule has 2 rings (SSSR count). The number of rotatable bonds is 1. The summed E-state index contributed by atoms with van der Waals surface area (Å²) in [5.74, 6) is 0.790. The number of H-pyrrole nitrogens is 1. The molecule has 1 aromatic heterocycles. The second-order valence-electron chi connectivity index (χ2n) is 4.15. The van der Waals surface area contributed by atoms with E-state index in [0.717, 1.165) is 18.2 Å². The summed E-state index contributed by atoms with van der Waals surface area (Å²) in [6, 6.07) is 0.522. The molecule has 3 nitrogen and oxygen atoms in total. The third-order valence-corrected chi connectivity index (χ3v) is 2.88. The van der Waals surface area contributed by atoms with Crippen molar-refractivity contribution >= 4 is 0 Å². The molecule has 1 aliphatic heterocycles. The lowest BCUT2D eigenvalue weighted by Crippen LogP contribution is -2.14. The van der Waals surface area contributed by atoms with E-state index in [2.05, 4.69) is 36.3 Å². The smallest absolute Gasteiger partial charge is 0.0641 e. The Bertz CT molecular complexity index is 284. The van der Waals surface area contributed by atoms with E-state index in [4.69, 9.17) is 0 Å². The molecule has 2 heterocycles. The molecule has 2 atom stereocenters. The third-order valence-electron chi connectivity index (χ3n) is 2.88. The summed E-state index contributed by atoms with van der Waals surface area (Å²) in [6.07, 6.45) is 1.24. The van der Waals surface area contributed by atoms with Gasteiger partial charge in [0.05, 0.1) is 5.69 Å². The Hall–Kier alpha value is -0.830. The molecule has 0 aromatic carbocycles. The number of hydrogen-bond donors (Lipinski definition) is 2. The van der Waals surface area contributed by atoms with Crippen LogP contribution in [-0.2, 0) is 0 Å². The second-order valence-corrected chi connectivity index (χ2v) is 4.15. The molecule has 0 amide bonds. The van der Waals surface area contributed by atoms with Gasteiger partial charge in [-0.05, 0) is 32.7 Å². The first-order valence-corrected chi connectivity index (χ1v) is 4.93. The minimum absolute atomic E-state index is 0.522. The van der Waals surface area contributed by atoms with Crippen molar-refractivity contribution in [2.24, 2.45) is 5.92 Å². The SMILES string of the molecule is Cc1n[nH]c(C)c1C1CC(C)CN1. The number of nitrogens with zero attached hydrogens (tertiary/aromatic N) is 1. The van der Waals surface area contributed by atoms with Crippen LogP contribution < -0.4 is 5.32 Å². The number of aromatic nitrogens is 2. The summed E-state index contributed by atoms with van der Waals surface area (Å²) in [6.45, 7) is 7.59. The fourth-order valence-corrected chi connectivity index (χ4v) is 2.21. The van der Waals surface area contributed by atoms with E-state index in [1.165, 1.54) is 17.7 Å². The standard InChI is InChI=1S/C10H17N3/c1-6-4-9(11-5-6)10-7(2)12-13-8(10)3/h6,9,11H,4-5H2,1-3H3,(H,12,13). The van der Waals surface area contributed by atoms with Crippen molar-refractivity contribution in [3.05, 3.63) is 17.0 Å². The topological polar surface area (TPSA) is 40.7 Å². The van der Waals surface area contributed by atoms with Crippen LogP contribution in [0.5, 0.6) is 0 Å². The molecule has 0 aliphatic carbocycles. The normalized spacial score (nSPS) is 28.2. The maximum absolute atomic E-state index is 4.22. The summed E-state index contributed by atoms with van der Waals surface area (Å²) < 4.78 is 0. The van der Waals surface area contributed by atoms with Crippen LogP contribution in [0.15, 0.2) is 0 Å². The van der Waals surface area contributed by atoms with Crippen LogP contribution in [0, 0.1) is 19.8 Å². The van der Waals surface area contributed by atoms with E-state index in [0.29, 0.717) is 6.04 Å². The molecule has 2 unspecified atom stereocenters. The van der Waals surface area contributed by atoms with E-state index >= 15 is 0 Å².